The van der Waals surface area contributed by atoms with Crippen LogP contribution in [0.1, 0.15) is 10.5 Å². The van der Waals surface area contributed by atoms with E-state index in [0.717, 1.165) is 12.1 Å². The number of hydrogen-bond donors (Lipinski definition) is 4. The molecule has 1 aromatic carbocycles. The fraction of sp³-hybridized carbons (Fsp3) is 0. The minimum atomic E-state index is -1.96. The molecule has 0 unspecified atom stereocenters. The molecule has 0 spiro atoms. The molecule has 0 radical (unpaired) electrons. The Labute approximate surface area is 101 Å². The van der Waals surface area contributed by atoms with Crippen LogP contribution < -0.4 is 11.2 Å². The van der Waals surface area contributed by atoms with E-state index in [1.807, 2.05) is 0 Å². The van der Waals surface area contributed by atoms with Gasteiger partial charge in [-0.15, -0.1) is 0 Å². The van der Waals surface area contributed by atoms with E-state index in [2.05, 4.69) is 15.4 Å². The summed E-state index contributed by atoms with van der Waals surface area (Å²) in [7, 11) is -1.96. The molecule has 18 heavy (non-hydrogen) atoms. The Morgan fingerprint density at radius 2 is 2.11 bits per heavy atom. The average molecular weight is 250 g/mol. The lowest BCUT2D eigenvalue weighted by Crippen LogP contribution is -2.32. The van der Waals surface area contributed by atoms with Crippen LogP contribution in [-0.4, -0.2) is 38.5 Å². The van der Waals surface area contributed by atoms with Crippen LogP contribution in [0.3, 0.4) is 0 Å². The van der Waals surface area contributed by atoms with E-state index in [1.54, 1.807) is 0 Å². The maximum atomic E-state index is 13.3. The number of primary amides is 1. The number of amides is 1. The number of carbonyl (C=O) groups is 1. The number of H-pyrrole nitrogens is 1. The van der Waals surface area contributed by atoms with Crippen molar-refractivity contribution in [3.8, 4) is 11.3 Å². The number of carbonyl (C=O) groups excluding carboxylic acids is 1. The van der Waals surface area contributed by atoms with Crippen molar-refractivity contribution in [3.63, 3.8) is 0 Å². The lowest BCUT2D eigenvalue weighted by Gasteiger charge is -2.04. The SMILES string of the molecule is NC(=O)c1n[nH]nc1-c1ccc(F)c(B(O)O)c1. The first-order valence-electron chi connectivity index (χ1n) is 4.87. The first kappa shape index (κ1) is 12.2. The summed E-state index contributed by atoms with van der Waals surface area (Å²) in [5.74, 6) is -1.58. The first-order chi connectivity index (χ1) is 8.50. The van der Waals surface area contributed by atoms with Crippen LogP contribution in [0.25, 0.3) is 11.3 Å². The van der Waals surface area contributed by atoms with Gasteiger partial charge in [-0.2, -0.15) is 15.4 Å². The lowest BCUT2D eigenvalue weighted by molar-refractivity contribution is 0.0996. The van der Waals surface area contributed by atoms with Crippen molar-refractivity contribution in [2.45, 2.75) is 0 Å². The molecule has 9 heteroatoms. The van der Waals surface area contributed by atoms with Gasteiger partial charge in [-0.3, -0.25) is 4.79 Å². The third-order valence-corrected chi connectivity index (χ3v) is 2.33. The minimum absolute atomic E-state index is 0.111. The number of nitrogens with two attached hydrogens (primary N) is 1. The average Bonchev–Trinajstić information content (AvgIpc) is 2.78. The van der Waals surface area contributed by atoms with Crippen LogP contribution in [0, 0.1) is 5.82 Å². The zero-order chi connectivity index (χ0) is 13.3. The molecule has 1 heterocycles. The third-order valence-electron chi connectivity index (χ3n) is 2.33. The Morgan fingerprint density at radius 1 is 1.39 bits per heavy atom. The number of nitrogens with zero attached hydrogens (tertiary/aromatic N) is 2. The van der Waals surface area contributed by atoms with Gasteiger partial charge in [-0.1, -0.05) is 0 Å². The summed E-state index contributed by atoms with van der Waals surface area (Å²) in [5.41, 5.74) is 5.06. The van der Waals surface area contributed by atoms with E-state index in [0.29, 0.717) is 5.56 Å². The van der Waals surface area contributed by atoms with E-state index in [1.165, 1.54) is 6.07 Å². The van der Waals surface area contributed by atoms with E-state index >= 15 is 0 Å². The number of nitrogens with one attached hydrogen (secondary N) is 1. The summed E-state index contributed by atoms with van der Waals surface area (Å²) in [5, 5.41) is 27.5. The summed E-state index contributed by atoms with van der Waals surface area (Å²) in [4.78, 5) is 11.1. The summed E-state index contributed by atoms with van der Waals surface area (Å²) in [6.45, 7) is 0. The molecule has 0 saturated heterocycles. The Morgan fingerprint density at radius 3 is 2.72 bits per heavy atom. The standard InChI is InChI=1S/C9H8BFN4O3/c11-6-2-1-4(3-5(6)10(17)18)7-8(9(12)16)14-15-13-7/h1-3,17-18H,(H2,12,16)(H,13,14,15). The summed E-state index contributed by atoms with van der Waals surface area (Å²) >= 11 is 0. The van der Waals surface area contributed by atoms with Crippen molar-refractivity contribution in [3.05, 3.63) is 29.7 Å². The van der Waals surface area contributed by atoms with E-state index < -0.39 is 18.8 Å². The van der Waals surface area contributed by atoms with Gasteiger partial charge in [0.2, 0.25) is 0 Å². The highest BCUT2D eigenvalue weighted by Gasteiger charge is 2.20. The molecular weight excluding hydrogens is 242 g/mol. The number of aromatic amines is 1. The van der Waals surface area contributed by atoms with Crippen molar-refractivity contribution in [2.75, 3.05) is 0 Å². The molecule has 0 aliphatic carbocycles. The predicted octanol–water partition coefficient (Wildman–Crippen LogP) is -1.61. The molecule has 2 rings (SSSR count). The van der Waals surface area contributed by atoms with E-state index in [4.69, 9.17) is 15.8 Å². The zero-order valence-electron chi connectivity index (χ0n) is 8.96. The molecule has 2 aromatic rings. The fourth-order valence-corrected chi connectivity index (χ4v) is 1.49. The molecule has 7 nitrogen and oxygen atoms in total. The summed E-state index contributed by atoms with van der Waals surface area (Å²) < 4.78 is 13.3. The first-order valence-corrected chi connectivity index (χ1v) is 4.87. The van der Waals surface area contributed by atoms with E-state index in [9.17, 15) is 9.18 Å². The largest absolute Gasteiger partial charge is 0.491 e. The van der Waals surface area contributed by atoms with Gasteiger partial charge in [0.1, 0.15) is 11.5 Å². The summed E-state index contributed by atoms with van der Waals surface area (Å²) in [6.07, 6.45) is 0. The second kappa shape index (κ2) is 4.55. The minimum Gasteiger partial charge on any atom is -0.423 e. The maximum absolute atomic E-state index is 13.3. The molecular formula is C9H8BFN4O3. The van der Waals surface area contributed by atoms with Crippen molar-refractivity contribution in [1.82, 2.24) is 15.4 Å². The number of benzene rings is 1. The Hall–Kier alpha value is -2.26. The quantitative estimate of drug-likeness (QED) is 0.487. The monoisotopic (exact) mass is 250 g/mol. The van der Waals surface area contributed by atoms with Gasteiger partial charge in [-0.25, -0.2) is 4.39 Å². The second-order valence-electron chi connectivity index (χ2n) is 3.50. The zero-order valence-corrected chi connectivity index (χ0v) is 8.96. The highest BCUT2D eigenvalue weighted by Crippen LogP contribution is 2.18. The molecule has 0 aliphatic heterocycles. The molecule has 0 atom stereocenters. The van der Waals surface area contributed by atoms with Crippen LogP contribution in [0.4, 0.5) is 4.39 Å². The third kappa shape index (κ3) is 2.08. The van der Waals surface area contributed by atoms with Crippen molar-refractivity contribution in [1.29, 1.82) is 0 Å². The summed E-state index contributed by atoms with van der Waals surface area (Å²) in [6, 6.07) is 3.51. The van der Waals surface area contributed by atoms with Gasteiger partial charge in [0, 0.05) is 11.0 Å². The highest BCUT2D eigenvalue weighted by atomic mass is 19.1. The van der Waals surface area contributed by atoms with Gasteiger partial charge in [0.05, 0.1) is 0 Å². The maximum Gasteiger partial charge on any atom is 0.491 e. The molecule has 0 saturated carbocycles. The Balaban J connectivity index is 2.54. The van der Waals surface area contributed by atoms with Gasteiger partial charge in [-0.05, 0) is 18.2 Å². The molecule has 1 amide bonds. The fourth-order valence-electron chi connectivity index (χ4n) is 1.49. The van der Waals surface area contributed by atoms with Crippen LogP contribution >= 0.6 is 0 Å². The number of halogens is 1. The second-order valence-corrected chi connectivity index (χ2v) is 3.50. The van der Waals surface area contributed by atoms with Gasteiger partial charge in [0.25, 0.3) is 5.91 Å². The smallest absolute Gasteiger partial charge is 0.423 e. The van der Waals surface area contributed by atoms with Crippen LogP contribution in [0.2, 0.25) is 0 Å². The molecule has 92 valence electrons. The number of rotatable bonds is 3. The normalized spacial score (nSPS) is 10.4. The van der Waals surface area contributed by atoms with Crippen molar-refractivity contribution >= 4 is 18.5 Å². The molecule has 0 fully saturated rings. The van der Waals surface area contributed by atoms with Gasteiger partial charge in [0.15, 0.2) is 5.69 Å². The lowest BCUT2D eigenvalue weighted by atomic mass is 9.79. The van der Waals surface area contributed by atoms with Gasteiger partial charge >= 0.3 is 7.12 Å². The number of aromatic nitrogens is 3. The Bertz CT molecular complexity index is 601. The predicted molar refractivity (Wildman–Crippen MR) is 60.1 cm³/mol. The van der Waals surface area contributed by atoms with E-state index in [-0.39, 0.29) is 16.9 Å². The van der Waals surface area contributed by atoms with Crippen molar-refractivity contribution < 1.29 is 19.2 Å². The molecule has 0 aliphatic rings. The highest BCUT2D eigenvalue weighted by molar-refractivity contribution is 6.58. The van der Waals surface area contributed by atoms with Crippen LogP contribution in [0.5, 0.6) is 0 Å². The topological polar surface area (TPSA) is 125 Å². The molecule has 0 bridgehead atoms. The van der Waals surface area contributed by atoms with Crippen LogP contribution in [0.15, 0.2) is 18.2 Å². The van der Waals surface area contributed by atoms with Crippen LogP contribution in [-0.2, 0) is 0 Å². The molecule has 5 N–H and O–H groups in total. The number of hydrogen-bond acceptors (Lipinski definition) is 5. The van der Waals surface area contributed by atoms with Crippen molar-refractivity contribution in [2.24, 2.45) is 5.73 Å². The molecule has 1 aromatic heterocycles. The van der Waals surface area contributed by atoms with Gasteiger partial charge < -0.3 is 15.8 Å². The Kier molecular flexibility index (Phi) is 3.09.